The van der Waals surface area contributed by atoms with Gasteiger partial charge < -0.3 is 19.6 Å². The molecule has 0 aliphatic rings. The number of aliphatic hydroxyl groups excluding tert-OH is 1. The van der Waals surface area contributed by atoms with Crippen molar-refractivity contribution in [2.75, 3.05) is 13.2 Å². The van der Waals surface area contributed by atoms with Crippen LogP contribution in [0.25, 0.3) is 0 Å². The Bertz CT molecular complexity index is 557. The lowest BCUT2D eigenvalue weighted by Crippen LogP contribution is -2.32. The van der Waals surface area contributed by atoms with Crippen molar-refractivity contribution in [1.82, 2.24) is 5.32 Å². The van der Waals surface area contributed by atoms with Gasteiger partial charge in [-0.05, 0) is 59.6 Å². The molecule has 2 aromatic rings. The Hall–Kier alpha value is -1.30. The van der Waals surface area contributed by atoms with Gasteiger partial charge in [0.25, 0.3) is 0 Å². The maximum atomic E-state index is 9.97. The second-order valence-electron chi connectivity index (χ2n) is 5.04. The van der Waals surface area contributed by atoms with E-state index < -0.39 is 6.10 Å². The maximum absolute atomic E-state index is 9.97. The summed E-state index contributed by atoms with van der Waals surface area (Å²) < 4.78 is 11.8. The molecule has 0 amide bonds. The van der Waals surface area contributed by atoms with Crippen LogP contribution in [-0.4, -0.2) is 24.4 Å². The molecule has 2 rings (SSSR count). The first-order valence-electron chi connectivity index (χ1n) is 6.90. The molecule has 0 saturated carbocycles. The Labute approximate surface area is 133 Å². The monoisotopic (exact) mass is 353 g/mol. The summed E-state index contributed by atoms with van der Waals surface area (Å²) in [7, 11) is 0. The zero-order valence-corrected chi connectivity index (χ0v) is 13.8. The number of halogens is 1. The molecule has 1 aromatic heterocycles. The predicted octanol–water partition coefficient (Wildman–Crippen LogP) is 3.44. The van der Waals surface area contributed by atoms with Gasteiger partial charge >= 0.3 is 0 Å². The van der Waals surface area contributed by atoms with E-state index in [1.165, 1.54) is 0 Å². The van der Waals surface area contributed by atoms with Crippen molar-refractivity contribution in [2.45, 2.75) is 26.0 Å². The largest absolute Gasteiger partial charge is 0.490 e. The summed E-state index contributed by atoms with van der Waals surface area (Å²) in [6.07, 6.45) is 1.05. The fraction of sp³-hybridized carbons (Fsp3) is 0.375. The van der Waals surface area contributed by atoms with Gasteiger partial charge in [-0.25, -0.2) is 0 Å². The molecule has 2 atom stereocenters. The fourth-order valence-electron chi connectivity index (χ4n) is 1.92. The summed E-state index contributed by atoms with van der Waals surface area (Å²) in [6, 6.07) is 9.67. The first-order valence-corrected chi connectivity index (χ1v) is 7.69. The third kappa shape index (κ3) is 4.88. The Balaban J connectivity index is 1.75. The smallest absolute Gasteiger partial charge is 0.133 e. The maximum Gasteiger partial charge on any atom is 0.133 e. The number of ether oxygens (including phenoxy) is 1. The Kier molecular flexibility index (Phi) is 5.85. The van der Waals surface area contributed by atoms with Crippen LogP contribution in [0, 0.1) is 6.92 Å². The van der Waals surface area contributed by atoms with Crippen molar-refractivity contribution in [3.05, 3.63) is 52.4 Å². The number of aliphatic hydroxyl groups is 1. The highest BCUT2D eigenvalue weighted by atomic mass is 79.9. The number of hydrogen-bond donors (Lipinski definition) is 2. The summed E-state index contributed by atoms with van der Waals surface area (Å²) in [5.74, 6) is 1.59. The zero-order valence-electron chi connectivity index (χ0n) is 12.2. The quantitative estimate of drug-likeness (QED) is 0.800. The van der Waals surface area contributed by atoms with E-state index in [1.807, 2.05) is 44.2 Å². The number of furan rings is 1. The third-order valence-corrected chi connectivity index (χ3v) is 3.77. The summed E-state index contributed by atoms with van der Waals surface area (Å²) in [5.41, 5.74) is 1.16. The van der Waals surface area contributed by atoms with Gasteiger partial charge in [0.05, 0.1) is 16.8 Å². The van der Waals surface area contributed by atoms with E-state index in [4.69, 9.17) is 9.15 Å². The molecule has 2 N–H and O–H groups in total. The van der Waals surface area contributed by atoms with E-state index in [1.54, 1.807) is 6.26 Å². The molecule has 21 heavy (non-hydrogen) atoms. The van der Waals surface area contributed by atoms with Crippen LogP contribution in [0.2, 0.25) is 0 Å². The highest BCUT2D eigenvalue weighted by Crippen LogP contribution is 2.25. The summed E-state index contributed by atoms with van der Waals surface area (Å²) in [6.45, 7) is 4.68. The predicted molar refractivity (Wildman–Crippen MR) is 85.5 cm³/mol. The lowest BCUT2D eigenvalue weighted by molar-refractivity contribution is 0.103. The highest BCUT2D eigenvalue weighted by molar-refractivity contribution is 9.10. The van der Waals surface area contributed by atoms with Crippen molar-refractivity contribution < 1.29 is 14.3 Å². The van der Waals surface area contributed by atoms with Gasteiger partial charge in [0, 0.05) is 6.54 Å². The Morgan fingerprint density at radius 3 is 2.86 bits per heavy atom. The van der Waals surface area contributed by atoms with Crippen LogP contribution >= 0.6 is 15.9 Å². The molecule has 0 aliphatic carbocycles. The van der Waals surface area contributed by atoms with Crippen LogP contribution in [0.5, 0.6) is 5.75 Å². The standard InChI is InChI=1S/C16H20BrNO3/c1-11-5-6-16(14(17)8-11)21-10-13(19)9-18-12(2)15-4-3-7-20-15/h3-8,12-13,18-19H,9-10H2,1-2H3. The minimum Gasteiger partial charge on any atom is -0.490 e. The van der Waals surface area contributed by atoms with Crippen LogP contribution < -0.4 is 10.1 Å². The van der Waals surface area contributed by atoms with Crippen LogP contribution in [0.1, 0.15) is 24.3 Å². The number of benzene rings is 1. The average Bonchev–Trinajstić information content (AvgIpc) is 2.98. The van der Waals surface area contributed by atoms with E-state index in [2.05, 4.69) is 21.2 Å². The molecule has 0 spiro atoms. The second kappa shape index (κ2) is 7.64. The Morgan fingerprint density at radius 2 is 2.19 bits per heavy atom. The van der Waals surface area contributed by atoms with Gasteiger partial charge in [-0.15, -0.1) is 0 Å². The molecule has 0 aliphatic heterocycles. The third-order valence-electron chi connectivity index (χ3n) is 3.15. The molecule has 4 nitrogen and oxygen atoms in total. The van der Waals surface area contributed by atoms with E-state index in [0.717, 1.165) is 21.5 Å². The molecule has 0 radical (unpaired) electrons. The molecule has 1 aromatic carbocycles. The molecule has 5 heteroatoms. The summed E-state index contributed by atoms with van der Waals surface area (Å²) >= 11 is 3.45. The van der Waals surface area contributed by atoms with Crippen molar-refractivity contribution in [1.29, 1.82) is 0 Å². The van der Waals surface area contributed by atoms with Crippen molar-refractivity contribution in [3.8, 4) is 5.75 Å². The van der Waals surface area contributed by atoms with Gasteiger partial charge in [0.1, 0.15) is 24.2 Å². The number of nitrogens with one attached hydrogen (secondary N) is 1. The molecule has 114 valence electrons. The summed E-state index contributed by atoms with van der Waals surface area (Å²) in [5, 5.41) is 13.2. The lowest BCUT2D eigenvalue weighted by Gasteiger charge is -2.17. The van der Waals surface area contributed by atoms with Crippen LogP contribution in [-0.2, 0) is 0 Å². The molecule has 0 fully saturated rings. The van der Waals surface area contributed by atoms with E-state index in [0.29, 0.717) is 6.54 Å². The van der Waals surface area contributed by atoms with Crippen LogP contribution in [0.15, 0.2) is 45.5 Å². The van der Waals surface area contributed by atoms with Gasteiger partial charge in [-0.3, -0.25) is 0 Å². The van der Waals surface area contributed by atoms with Gasteiger partial charge in [-0.1, -0.05) is 6.07 Å². The van der Waals surface area contributed by atoms with Gasteiger partial charge in [-0.2, -0.15) is 0 Å². The van der Waals surface area contributed by atoms with Crippen LogP contribution in [0.4, 0.5) is 0 Å². The zero-order chi connectivity index (χ0) is 15.2. The van der Waals surface area contributed by atoms with Gasteiger partial charge in [0.15, 0.2) is 0 Å². The van der Waals surface area contributed by atoms with E-state index in [9.17, 15) is 5.11 Å². The van der Waals surface area contributed by atoms with E-state index >= 15 is 0 Å². The fourth-order valence-corrected chi connectivity index (χ4v) is 2.53. The molecular weight excluding hydrogens is 334 g/mol. The first kappa shape index (κ1) is 16.1. The lowest BCUT2D eigenvalue weighted by atomic mass is 10.2. The van der Waals surface area contributed by atoms with Crippen molar-refractivity contribution in [3.63, 3.8) is 0 Å². The first-order chi connectivity index (χ1) is 10.1. The number of hydrogen-bond acceptors (Lipinski definition) is 4. The number of aryl methyl sites for hydroxylation is 1. The molecule has 1 heterocycles. The highest BCUT2D eigenvalue weighted by Gasteiger charge is 2.12. The van der Waals surface area contributed by atoms with Crippen molar-refractivity contribution >= 4 is 15.9 Å². The van der Waals surface area contributed by atoms with Crippen LogP contribution in [0.3, 0.4) is 0 Å². The van der Waals surface area contributed by atoms with E-state index in [-0.39, 0.29) is 12.6 Å². The average molecular weight is 354 g/mol. The van der Waals surface area contributed by atoms with Gasteiger partial charge in [0.2, 0.25) is 0 Å². The minimum absolute atomic E-state index is 0.0563. The normalized spacial score (nSPS) is 13.9. The topological polar surface area (TPSA) is 54.6 Å². The molecule has 2 unspecified atom stereocenters. The molecular formula is C16H20BrNO3. The minimum atomic E-state index is -0.587. The number of rotatable bonds is 7. The molecule has 0 saturated heterocycles. The SMILES string of the molecule is Cc1ccc(OCC(O)CNC(C)c2ccco2)c(Br)c1. The second-order valence-corrected chi connectivity index (χ2v) is 5.90. The Morgan fingerprint density at radius 1 is 1.38 bits per heavy atom. The van der Waals surface area contributed by atoms with Crippen molar-refractivity contribution in [2.24, 2.45) is 0 Å². The summed E-state index contributed by atoms with van der Waals surface area (Å²) in [4.78, 5) is 0. The molecule has 0 bridgehead atoms.